The summed E-state index contributed by atoms with van der Waals surface area (Å²) in [6, 6.07) is 3.42. The van der Waals surface area contributed by atoms with Gasteiger partial charge in [0.05, 0.1) is 23.1 Å². The van der Waals surface area contributed by atoms with Crippen LogP contribution in [0.1, 0.15) is 28.7 Å². The Bertz CT molecular complexity index is 593. The number of ether oxygens (including phenoxy) is 1. The molecule has 19 heavy (non-hydrogen) atoms. The van der Waals surface area contributed by atoms with Gasteiger partial charge in [0.1, 0.15) is 12.4 Å². The highest BCUT2D eigenvalue weighted by molar-refractivity contribution is 5.87. The SMILES string of the molecule is CCc1cc(COc2cncc(C(=O)O)c2)n(C)n1. The molecule has 6 nitrogen and oxygen atoms in total. The molecule has 0 aliphatic heterocycles. The van der Waals surface area contributed by atoms with Gasteiger partial charge in [-0.05, 0) is 18.6 Å². The van der Waals surface area contributed by atoms with Crippen LogP contribution < -0.4 is 4.74 Å². The van der Waals surface area contributed by atoms with Crippen molar-refractivity contribution in [2.45, 2.75) is 20.0 Å². The second kappa shape index (κ2) is 5.51. The standard InChI is InChI=1S/C13H15N3O3/c1-3-10-5-11(16(2)15-10)8-19-12-4-9(13(17)18)6-14-7-12/h4-7H,3,8H2,1-2H3,(H,17,18). The molecular weight excluding hydrogens is 246 g/mol. The van der Waals surface area contributed by atoms with Crippen molar-refractivity contribution in [3.8, 4) is 5.75 Å². The van der Waals surface area contributed by atoms with E-state index in [-0.39, 0.29) is 5.56 Å². The molecule has 2 rings (SSSR count). The van der Waals surface area contributed by atoms with Crippen LogP contribution in [-0.4, -0.2) is 25.8 Å². The summed E-state index contributed by atoms with van der Waals surface area (Å²) in [6.45, 7) is 2.36. The van der Waals surface area contributed by atoms with Gasteiger partial charge < -0.3 is 9.84 Å². The highest BCUT2D eigenvalue weighted by Gasteiger charge is 2.07. The quantitative estimate of drug-likeness (QED) is 0.885. The maximum absolute atomic E-state index is 10.8. The van der Waals surface area contributed by atoms with Crippen LogP contribution in [0.2, 0.25) is 0 Å². The van der Waals surface area contributed by atoms with Gasteiger partial charge in [-0.15, -0.1) is 0 Å². The number of pyridine rings is 1. The number of carboxylic acids is 1. The summed E-state index contributed by atoms with van der Waals surface area (Å²) in [7, 11) is 1.85. The summed E-state index contributed by atoms with van der Waals surface area (Å²) in [5.74, 6) is -0.592. The zero-order valence-corrected chi connectivity index (χ0v) is 10.8. The fourth-order valence-corrected chi connectivity index (χ4v) is 1.65. The number of nitrogens with zero attached hydrogens (tertiary/aromatic N) is 3. The second-order valence-corrected chi connectivity index (χ2v) is 4.11. The van der Waals surface area contributed by atoms with E-state index >= 15 is 0 Å². The van der Waals surface area contributed by atoms with E-state index in [1.165, 1.54) is 18.5 Å². The van der Waals surface area contributed by atoms with Gasteiger partial charge in [0, 0.05) is 13.2 Å². The zero-order valence-electron chi connectivity index (χ0n) is 10.8. The van der Waals surface area contributed by atoms with E-state index in [2.05, 4.69) is 10.1 Å². The Morgan fingerprint density at radius 2 is 2.21 bits per heavy atom. The number of aromatic nitrogens is 3. The molecule has 2 aromatic rings. The first-order chi connectivity index (χ1) is 9.10. The molecule has 2 aromatic heterocycles. The van der Waals surface area contributed by atoms with Crippen LogP contribution in [0.3, 0.4) is 0 Å². The minimum absolute atomic E-state index is 0.108. The third-order valence-corrected chi connectivity index (χ3v) is 2.74. The van der Waals surface area contributed by atoms with Gasteiger partial charge >= 0.3 is 5.97 Å². The van der Waals surface area contributed by atoms with E-state index in [0.717, 1.165) is 17.8 Å². The molecule has 0 aliphatic carbocycles. The van der Waals surface area contributed by atoms with Gasteiger partial charge in [0.25, 0.3) is 0 Å². The Hall–Kier alpha value is -2.37. The fourth-order valence-electron chi connectivity index (χ4n) is 1.65. The Morgan fingerprint density at radius 1 is 1.42 bits per heavy atom. The van der Waals surface area contributed by atoms with Crippen LogP contribution in [0.15, 0.2) is 24.5 Å². The maximum atomic E-state index is 10.8. The Balaban J connectivity index is 2.07. The third-order valence-electron chi connectivity index (χ3n) is 2.74. The van der Waals surface area contributed by atoms with Gasteiger partial charge in [0.2, 0.25) is 0 Å². The first-order valence-electron chi connectivity index (χ1n) is 5.93. The van der Waals surface area contributed by atoms with Crippen molar-refractivity contribution >= 4 is 5.97 Å². The molecule has 0 bridgehead atoms. The molecule has 0 fully saturated rings. The molecular formula is C13H15N3O3. The topological polar surface area (TPSA) is 77.2 Å². The van der Waals surface area contributed by atoms with Gasteiger partial charge in [-0.25, -0.2) is 4.79 Å². The number of carbonyl (C=O) groups is 1. The van der Waals surface area contributed by atoms with Crippen molar-refractivity contribution in [2.75, 3.05) is 0 Å². The normalized spacial score (nSPS) is 10.4. The molecule has 2 heterocycles. The lowest BCUT2D eigenvalue weighted by Gasteiger charge is -2.06. The van der Waals surface area contributed by atoms with Crippen molar-refractivity contribution in [3.63, 3.8) is 0 Å². The molecule has 0 unspecified atom stereocenters. The van der Waals surface area contributed by atoms with E-state index in [1.54, 1.807) is 4.68 Å². The summed E-state index contributed by atoms with van der Waals surface area (Å²) in [5, 5.41) is 13.2. The minimum Gasteiger partial charge on any atom is -0.486 e. The molecule has 1 N–H and O–H groups in total. The molecule has 0 saturated carbocycles. The van der Waals surface area contributed by atoms with Gasteiger partial charge in [0.15, 0.2) is 0 Å². The van der Waals surface area contributed by atoms with E-state index < -0.39 is 5.97 Å². The number of carboxylic acid groups (broad SMARTS) is 1. The van der Waals surface area contributed by atoms with Gasteiger partial charge in [-0.2, -0.15) is 5.10 Å². The van der Waals surface area contributed by atoms with Crippen LogP contribution in [-0.2, 0) is 20.1 Å². The zero-order chi connectivity index (χ0) is 13.8. The third kappa shape index (κ3) is 3.09. The van der Waals surface area contributed by atoms with Gasteiger partial charge in [-0.1, -0.05) is 6.92 Å². The largest absolute Gasteiger partial charge is 0.486 e. The Labute approximate surface area is 110 Å². The van der Waals surface area contributed by atoms with Crippen LogP contribution >= 0.6 is 0 Å². The predicted octanol–water partition coefficient (Wildman–Crippen LogP) is 1.65. The minimum atomic E-state index is -1.02. The highest BCUT2D eigenvalue weighted by atomic mass is 16.5. The summed E-state index contributed by atoms with van der Waals surface area (Å²) in [5.41, 5.74) is 2.04. The molecule has 6 heteroatoms. The Kier molecular flexibility index (Phi) is 3.79. The number of rotatable bonds is 5. The second-order valence-electron chi connectivity index (χ2n) is 4.11. The van der Waals surface area contributed by atoms with Crippen molar-refractivity contribution in [3.05, 3.63) is 41.5 Å². The van der Waals surface area contributed by atoms with Crippen LogP contribution in [0.5, 0.6) is 5.75 Å². The molecule has 0 spiro atoms. The molecule has 0 saturated heterocycles. The molecule has 0 aliphatic rings. The average molecular weight is 261 g/mol. The van der Waals surface area contributed by atoms with E-state index in [1.807, 2.05) is 20.0 Å². The first kappa shape index (κ1) is 13.1. The molecule has 100 valence electrons. The summed E-state index contributed by atoms with van der Waals surface area (Å²) < 4.78 is 7.29. The predicted molar refractivity (Wildman–Crippen MR) is 68.1 cm³/mol. The fraction of sp³-hybridized carbons (Fsp3) is 0.308. The number of aryl methyl sites for hydroxylation is 2. The molecule has 0 radical (unpaired) electrons. The van der Waals surface area contributed by atoms with Crippen LogP contribution in [0.25, 0.3) is 0 Å². The van der Waals surface area contributed by atoms with Crippen molar-refractivity contribution in [2.24, 2.45) is 7.05 Å². The van der Waals surface area contributed by atoms with Gasteiger partial charge in [-0.3, -0.25) is 9.67 Å². The maximum Gasteiger partial charge on any atom is 0.337 e. The summed E-state index contributed by atoms with van der Waals surface area (Å²) in [6.07, 6.45) is 3.64. The van der Waals surface area contributed by atoms with Crippen LogP contribution in [0, 0.1) is 0 Å². The lowest BCUT2D eigenvalue weighted by Crippen LogP contribution is -2.04. The van der Waals surface area contributed by atoms with Crippen molar-refractivity contribution < 1.29 is 14.6 Å². The first-order valence-corrected chi connectivity index (χ1v) is 5.93. The number of aromatic carboxylic acids is 1. The number of hydrogen-bond acceptors (Lipinski definition) is 4. The van der Waals surface area contributed by atoms with Crippen molar-refractivity contribution in [1.82, 2.24) is 14.8 Å². The molecule has 0 atom stereocenters. The van der Waals surface area contributed by atoms with E-state index in [0.29, 0.717) is 12.4 Å². The smallest absolute Gasteiger partial charge is 0.337 e. The van der Waals surface area contributed by atoms with Crippen molar-refractivity contribution in [1.29, 1.82) is 0 Å². The lowest BCUT2D eigenvalue weighted by molar-refractivity contribution is 0.0696. The summed E-state index contributed by atoms with van der Waals surface area (Å²) in [4.78, 5) is 14.6. The molecule has 0 amide bonds. The average Bonchev–Trinajstić information content (AvgIpc) is 2.77. The lowest BCUT2D eigenvalue weighted by atomic mass is 10.3. The van der Waals surface area contributed by atoms with Crippen LogP contribution in [0.4, 0.5) is 0 Å². The summed E-state index contributed by atoms with van der Waals surface area (Å²) >= 11 is 0. The molecule has 0 aromatic carbocycles. The van der Waals surface area contributed by atoms with E-state index in [9.17, 15) is 4.79 Å². The monoisotopic (exact) mass is 261 g/mol. The number of hydrogen-bond donors (Lipinski definition) is 1. The Morgan fingerprint density at radius 3 is 2.84 bits per heavy atom. The van der Waals surface area contributed by atoms with E-state index in [4.69, 9.17) is 9.84 Å². The highest BCUT2D eigenvalue weighted by Crippen LogP contribution is 2.14.